The monoisotopic (exact) mass is 176 g/mol. The van der Waals surface area contributed by atoms with E-state index in [0.29, 0.717) is 11.7 Å². The highest BCUT2D eigenvalue weighted by Crippen LogP contribution is 2.45. The highest BCUT2D eigenvalue weighted by atomic mass is 16.1. The number of rotatable bonds is 0. The van der Waals surface area contributed by atoms with Gasteiger partial charge in [-0.25, -0.2) is 0 Å². The fourth-order valence-corrected chi connectivity index (χ4v) is 2.54. The second-order valence-electron chi connectivity index (χ2n) is 4.67. The van der Waals surface area contributed by atoms with Crippen LogP contribution in [0.15, 0.2) is 23.8 Å². The topological polar surface area (TPSA) is 17.1 Å². The molecule has 2 unspecified atom stereocenters. The van der Waals surface area contributed by atoms with Gasteiger partial charge in [-0.15, -0.1) is 0 Å². The van der Waals surface area contributed by atoms with Crippen LogP contribution in [0.25, 0.3) is 0 Å². The summed E-state index contributed by atoms with van der Waals surface area (Å²) < 4.78 is 0. The molecule has 1 nitrogen and oxygen atoms in total. The van der Waals surface area contributed by atoms with Crippen molar-refractivity contribution in [2.24, 2.45) is 11.3 Å². The Labute approximate surface area is 79.5 Å². The Balaban J connectivity index is 2.30. The lowest BCUT2D eigenvalue weighted by Gasteiger charge is -2.40. The number of hydrogen-bond donors (Lipinski definition) is 0. The van der Waals surface area contributed by atoms with Gasteiger partial charge in [0.1, 0.15) is 0 Å². The Morgan fingerprint density at radius 2 is 2.31 bits per heavy atom. The molecule has 0 N–H and O–H groups in total. The van der Waals surface area contributed by atoms with Crippen LogP contribution in [0.3, 0.4) is 0 Å². The van der Waals surface area contributed by atoms with Crippen molar-refractivity contribution < 1.29 is 4.79 Å². The van der Waals surface area contributed by atoms with Crippen molar-refractivity contribution in [3.8, 4) is 0 Å². The van der Waals surface area contributed by atoms with E-state index in [1.807, 2.05) is 0 Å². The summed E-state index contributed by atoms with van der Waals surface area (Å²) in [4.78, 5) is 11.2. The minimum atomic E-state index is 0.257. The molecule has 1 heteroatoms. The Morgan fingerprint density at radius 1 is 1.54 bits per heavy atom. The zero-order valence-electron chi connectivity index (χ0n) is 8.34. The molecular formula is C12H16O. The van der Waals surface area contributed by atoms with E-state index >= 15 is 0 Å². The molecule has 0 aromatic carbocycles. The van der Waals surface area contributed by atoms with Gasteiger partial charge in [-0.1, -0.05) is 24.6 Å². The van der Waals surface area contributed by atoms with Crippen molar-refractivity contribution in [3.63, 3.8) is 0 Å². The smallest absolute Gasteiger partial charge is 0.155 e. The van der Waals surface area contributed by atoms with Crippen LogP contribution < -0.4 is 0 Å². The Kier molecular flexibility index (Phi) is 1.90. The molecule has 0 heterocycles. The molecule has 0 amide bonds. The van der Waals surface area contributed by atoms with E-state index < -0.39 is 0 Å². The van der Waals surface area contributed by atoms with E-state index in [-0.39, 0.29) is 5.41 Å². The van der Waals surface area contributed by atoms with Gasteiger partial charge in [0, 0.05) is 6.42 Å². The first-order valence-corrected chi connectivity index (χ1v) is 4.98. The molecule has 2 atom stereocenters. The molecule has 0 fully saturated rings. The van der Waals surface area contributed by atoms with Crippen molar-refractivity contribution >= 4 is 5.78 Å². The average molecular weight is 176 g/mol. The summed E-state index contributed by atoms with van der Waals surface area (Å²) in [5, 5.41) is 0. The van der Waals surface area contributed by atoms with Crippen molar-refractivity contribution in [2.75, 3.05) is 0 Å². The predicted octanol–water partition coefficient (Wildman–Crippen LogP) is 2.88. The summed E-state index contributed by atoms with van der Waals surface area (Å²) >= 11 is 0. The highest BCUT2D eigenvalue weighted by molar-refractivity contribution is 5.91. The minimum absolute atomic E-state index is 0.257. The number of allylic oxidation sites excluding steroid dienone is 4. The summed E-state index contributed by atoms with van der Waals surface area (Å²) in [5.74, 6) is 0.851. The summed E-state index contributed by atoms with van der Waals surface area (Å²) in [7, 11) is 0. The number of ketones is 1. The first-order valence-electron chi connectivity index (χ1n) is 4.98. The maximum Gasteiger partial charge on any atom is 0.155 e. The van der Waals surface area contributed by atoms with Crippen LogP contribution in [-0.4, -0.2) is 5.78 Å². The molecule has 0 spiro atoms. The molecule has 70 valence electrons. The van der Waals surface area contributed by atoms with Gasteiger partial charge in [-0.2, -0.15) is 0 Å². The molecule has 0 saturated carbocycles. The van der Waals surface area contributed by atoms with Crippen LogP contribution in [0.1, 0.15) is 33.1 Å². The van der Waals surface area contributed by atoms with Gasteiger partial charge in [-0.05, 0) is 37.2 Å². The normalized spacial score (nSPS) is 38.5. The van der Waals surface area contributed by atoms with E-state index in [2.05, 4.69) is 26.0 Å². The summed E-state index contributed by atoms with van der Waals surface area (Å²) in [6.07, 6.45) is 9.14. The SMILES string of the molecule is CC1=CCC2CC(=O)C=CC2(C)C1. The van der Waals surface area contributed by atoms with Crippen molar-refractivity contribution in [2.45, 2.75) is 33.1 Å². The Bertz CT molecular complexity index is 298. The molecule has 0 aliphatic heterocycles. The zero-order chi connectivity index (χ0) is 9.47. The van der Waals surface area contributed by atoms with Crippen LogP contribution in [-0.2, 0) is 4.79 Å². The van der Waals surface area contributed by atoms with Gasteiger partial charge in [0.2, 0.25) is 0 Å². The molecular weight excluding hydrogens is 160 g/mol. The zero-order valence-corrected chi connectivity index (χ0v) is 8.34. The summed E-state index contributed by atoms with van der Waals surface area (Å²) in [6.45, 7) is 4.46. The van der Waals surface area contributed by atoms with Crippen LogP contribution in [0, 0.1) is 11.3 Å². The lowest BCUT2D eigenvalue weighted by Crippen LogP contribution is -2.32. The molecule has 0 radical (unpaired) electrons. The molecule has 0 aromatic rings. The van der Waals surface area contributed by atoms with Gasteiger partial charge in [0.15, 0.2) is 5.78 Å². The van der Waals surface area contributed by atoms with Gasteiger partial charge in [-0.3, -0.25) is 4.79 Å². The highest BCUT2D eigenvalue weighted by Gasteiger charge is 2.37. The van der Waals surface area contributed by atoms with Crippen LogP contribution in [0.4, 0.5) is 0 Å². The third-order valence-electron chi connectivity index (χ3n) is 3.44. The summed E-state index contributed by atoms with van der Waals surface area (Å²) in [6, 6.07) is 0. The number of carbonyl (C=O) groups is 1. The van der Waals surface area contributed by atoms with Crippen LogP contribution >= 0.6 is 0 Å². The van der Waals surface area contributed by atoms with Crippen molar-refractivity contribution in [1.82, 2.24) is 0 Å². The number of hydrogen-bond acceptors (Lipinski definition) is 1. The fourth-order valence-electron chi connectivity index (χ4n) is 2.54. The van der Waals surface area contributed by atoms with Crippen molar-refractivity contribution in [1.29, 1.82) is 0 Å². The molecule has 2 aliphatic carbocycles. The third kappa shape index (κ3) is 1.48. The first kappa shape index (κ1) is 8.74. The Morgan fingerprint density at radius 3 is 3.08 bits per heavy atom. The van der Waals surface area contributed by atoms with E-state index in [1.165, 1.54) is 5.57 Å². The van der Waals surface area contributed by atoms with E-state index in [9.17, 15) is 4.79 Å². The van der Waals surface area contributed by atoms with Crippen molar-refractivity contribution in [3.05, 3.63) is 23.8 Å². The standard InChI is InChI=1S/C12H16O/c1-9-3-4-10-7-11(13)5-6-12(10,2)8-9/h3,5-6,10H,4,7-8H2,1-2H3. The molecule has 2 rings (SSSR count). The number of carbonyl (C=O) groups excluding carboxylic acids is 1. The second kappa shape index (κ2) is 2.83. The van der Waals surface area contributed by atoms with E-state index in [4.69, 9.17) is 0 Å². The second-order valence-corrected chi connectivity index (χ2v) is 4.67. The molecule has 2 aliphatic rings. The van der Waals surface area contributed by atoms with Crippen LogP contribution in [0.5, 0.6) is 0 Å². The summed E-state index contributed by atoms with van der Waals surface area (Å²) in [5.41, 5.74) is 1.73. The molecule has 0 bridgehead atoms. The van der Waals surface area contributed by atoms with Gasteiger partial charge < -0.3 is 0 Å². The van der Waals surface area contributed by atoms with Gasteiger partial charge in [0.25, 0.3) is 0 Å². The quantitative estimate of drug-likeness (QED) is 0.519. The number of fused-ring (bicyclic) bond motifs is 1. The van der Waals surface area contributed by atoms with E-state index in [0.717, 1.165) is 19.3 Å². The fraction of sp³-hybridized carbons (Fsp3) is 0.583. The average Bonchev–Trinajstić information content (AvgIpc) is 2.06. The maximum atomic E-state index is 11.2. The lowest BCUT2D eigenvalue weighted by molar-refractivity contribution is -0.117. The third-order valence-corrected chi connectivity index (χ3v) is 3.44. The molecule has 13 heavy (non-hydrogen) atoms. The largest absolute Gasteiger partial charge is 0.295 e. The van der Waals surface area contributed by atoms with E-state index in [1.54, 1.807) is 6.08 Å². The Hall–Kier alpha value is -0.850. The molecule has 0 aromatic heterocycles. The maximum absolute atomic E-state index is 11.2. The van der Waals surface area contributed by atoms with Gasteiger partial charge >= 0.3 is 0 Å². The first-order chi connectivity index (χ1) is 6.10. The molecule has 0 saturated heterocycles. The van der Waals surface area contributed by atoms with Gasteiger partial charge in [0.05, 0.1) is 0 Å². The predicted molar refractivity (Wildman–Crippen MR) is 53.4 cm³/mol. The minimum Gasteiger partial charge on any atom is -0.295 e. The lowest BCUT2D eigenvalue weighted by atomic mass is 9.64. The van der Waals surface area contributed by atoms with Crippen LogP contribution in [0.2, 0.25) is 0 Å².